The van der Waals surface area contributed by atoms with Crippen molar-refractivity contribution in [2.45, 2.75) is 290 Å². The van der Waals surface area contributed by atoms with E-state index < -0.39 is 6.10 Å². The molecule has 0 aliphatic carbocycles. The normalized spacial score (nSPS) is 12.9. The third-order valence-electron chi connectivity index (χ3n) is 13.0. The summed E-state index contributed by atoms with van der Waals surface area (Å²) in [6.45, 7) is 6.35. The summed E-state index contributed by atoms with van der Waals surface area (Å²) < 4.78 is 16.8. The Morgan fingerprint density at radius 2 is 0.527 bits per heavy atom. The molecule has 0 aromatic heterocycles. The Hall–Kier alpha value is -3.93. The van der Waals surface area contributed by atoms with Crippen LogP contribution in [0.2, 0.25) is 0 Å². The van der Waals surface area contributed by atoms with Crippen molar-refractivity contribution < 1.29 is 28.6 Å². The number of esters is 3. The maximum Gasteiger partial charge on any atom is 0.306 e. The molecule has 0 spiro atoms. The van der Waals surface area contributed by atoms with Crippen molar-refractivity contribution in [2.75, 3.05) is 13.2 Å². The molecule has 0 aliphatic heterocycles. The van der Waals surface area contributed by atoms with Gasteiger partial charge >= 0.3 is 17.9 Å². The molecule has 1 atom stereocenters. The molecule has 1 unspecified atom stereocenters. The summed E-state index contributed by atoms with van der Waals surface area (Å²) in [5.41, 5.74) is 0. The van der Waals surface area contributed by atoms with Crippen LogP contribution in [0, 0.1) is 0 Å². The minimum Gasteiger partial charge on any atom is -0.462 e. The number of rotatable bonds is 55. The lowest BCUT2D eigenvalue weighted by molar-refractivity contribution is -0.167. The van der Waals surface area contributed by atoms with Crippen LogP contribution in [0.5, 0.6) is 0 Å². The van der Waals surface area contributed by atoms with Crippen LogP contribution in [-0.4, -0.2) is 37.2 Å². The number of ether oxygens (including phenoxy) is 3. The van der Waals surface area contributed by atoms with Gasteiger partial charge in [0.25, 0.3) is 0 Å². The van der Waals surface area contributed by atoms with Crippen molar-refractivity contribution in [3.05, 3.63) is 109 Å². The lowest BCUT2D eigenvalue weighted by Crippen LogP contribution is -2.30. The number of allylic oxidation sites excluding steroid dienone is 18. The fourth-order valence-corrected chi connectivity index (χ4v) is 8.46. The average molecular weight is 1030 g/mol. The van der Waals surface area contributed by atoms with E-state index in [-0.39, 0.29) is 31.1 Å². The monoisotopic (exact) mass is 1030 g/mol. The molecule has 0 saturated carbocycles. The molecule has 0 rings (SSSR count). The Labute approximate surface area is 457 Å². The molecular weight excluding hydrogens is 913 g/mol. The molecule has 0 aromatic carbocycles. The van der Waals surface area contributed by atoms with E-state index in [1.54, 1.807) is 0 Å². The van der Waals surface area contributed by atoms with Crippen molar-refractivity contribution in [1.29, 1.82) is 0 Å². The summed E-state index contributed by atoms with van der Waals surface area (Å²) in [4.78, 5) is 38.0. The highest BCUT2D eigenvalue weighted by Gasteiger charge is 2.19. The van der Waals surface area contributed by atoms with Gasteiger partial charge in [0.2, 0.25) is 0 Å². The molecular formula is C68H114O6. The highest BCUT2D eigenvalue weighted by atomic mass is 16.6. The molecule has 6 heteroatoms. The maximum atomic E-state index is 12.8. The van der Waals surface area contributed by atoms with Crippen LogP contribution < -0.4 is 0 Å². The van der Waals surface area contributed by atoms with Crippen LogP contribution in [0.25, 0.3) is 0 Å². The minimum absolute atomic E-state index is 0.0849. The number of hydrogen-bond donors (Lipinski definition) is 0. The predicted molar refractivity (Wildman–Crippen MR) is 320 cm³/mol. The number of carbonyl (C=O) groups is 3. The van der Waals surface area contributed by atoms with Crippen LogP contribution >= 0.6 is 0 Å². The summed E-state index contributed by atoms with van der Waals surface area (Å²) in [5.74, 6) is -0.909. The predicted octanol–water partition coefficient (Wildman–Crippen LogP) is 21.0. The lowest BCUT2D eigenvalue weighted by Gasteiger charge is -2.18. The van der Waals surface area contributed by atoms with Gasteiger partial charge in [0.05, 0.1) is 0 Å². The molecule has 0 bridgehead atoms. The summed E-state index contributed by atoms with van der Waals surface area (Å²) in [6.07, 6.45) is 84.1. The van der Waals surface area contributed by atoms with E-state index in [1.165, 1.54) is 109 Å². The van der Waals surface area contributed by atoms with Crippen molar-refractivity contribution in [3.8, 4) is 0 Å². The van der Waals surface area contributed by atoms with Gasteiger partial charge < -0.3 is 14.2 Å². The molecule has 0 aliphatic rings. The molecule has 0 N–H and O–H groups in total. The summed E-state index contributed by atoms with van der Waals surface area (Å²) in [6, 6.07) is 0. The van der Waals surface area contributed by atoms with Crippen LogP contribution in [-0.2, 0) is 28.6 Å². The topological polar surface area (TPSA) is 78.9 Å². The van der Waals surface area contributed by atoms with Crippen LogP contribution in [0.1, 0.15) is 284 Å². The maximum absolute atomic E-state index is 12.8. The van der Waals surface area contributed by atoms with Gasteiger partial charge in [-0.25, -0.2) is 0 Å². The fraction of sp³-hybridized carbons (Fsp3) is 0.691. The van der Waals surface area contributed by atoms with Crippen molar-refractivity contribution in [1.82, 2.24) is 0 Å². The molecule has 6 nitrogen and oxygen atoms in total. The van der Waals surface area contributed by atoms with Crippen LogP contribution in [0.15, 0.2) is 109 Å². The van der Waals surface area contributed by atoms with Crippen LogP contribution in [0.3, 0.4) is 0 Å². The minimum atomic E-state index is -0.786. The van der Waals surface area contributed by atoms with Gasteiger partial charge in [0, 0.05) is 19.3 Å². The Bertz CT molecular complexity index is 1510. The summed E-state index contributed by atoms with van der Waals surface area (Å²) in [7, 11) is 0. The third kappa shape index (κ3) is 59.0. The second-order valence-corrected chi connectivity index (χ2v) is 20.2. The van der Waals surface area contributed by atoms with Crippen LogP contribution in [0.4, 0.5) is 0 Å². The van der Waals surface area contributed by atoms with Gasteiger partial charge in [0.15, 0.2) is 6.10 Å². The zero-order valence-corrected chi connectivity index (χ0v) is 48.3. The zero-order valence-electron chi connectivity index (χ0n) is 48.3. The molecule has 0 heterocycles. The van der Waals surface area contributed by atoms with Gasteiger partial charge in [-0.05, 0) is 103 Å². The van der Waals surface area contributed by atoms with E-state index in [2.05, 4.69) is 130 Å². The summed E-state index contributed by atoms with van der Waals surface area (Å²) in [5, 5.41) is 0. The smallest absolute Gasteiger partial charge is 0.306 e. The second-order valence-electron chi connectivity index (χ2n) is 20.2. The fourth-order valence-electron chi connectivity index (χ4n) is 8.46. The van der Waals surface area contributed by atoms with Gasteiger partial charge in [-0.1, -0.05) is 271 Å². The molecule has 0 fully saturated rings. The van der Waals surface area contributed by atoms with Gasteiger partial charge in [-0.3, -0.25) is 14.4 Å². The zero-order chi connectivity index (χ0) is 53.6. The number of hydrogen-bond acceptors (Lipinski definition) is 6. The van der Waals surface area contributed by atoms with Gasteiger partial charge in [-0.15, -0.1) is 0 Å². The molecule has 0 saturated heterocycles. The first-order valence-electron chi connectivity index (χ1n) is 30.9. The average Bonchev–Trinajstić information content (AvgIpc) is 3.40. The van der Waals surface area contributed by atoms with E-state index in [0.29, 0.717) is 19.3 Å². The Balaban J connectivity index is 4.10. The van der Waals surface area contributed by atoms with Gasteiger partial charge in [-0.2, -0.15) is 0 Å². The number of carbonyl (C=O) groups excluding carboxylic acids is 3. The first-order valence-corrected chi connectivity index (χ1v) is 30.9. The quantitative estimate of drug-likeness (QED) is 0.0261. The highest BCUT2D eigenvalue weighted by Crippen LogP contribution is 2.16. The van der Waals surface area contributed by atoms with E-state index in [1.807, 2.05) is 0 Å². The SMILES string of the molecule is CC/C=C\C/C=C\C/C=C\C/C=C\C/C=C\CCCCCCCC(=O)OC(COC(=O)CCCCCCCC)COC(=O)CCCCCCCCCCCCCCCCCC/C=C\C/C=C\C/C=C\C/C=C\CC. The number of unbranched alkanes of at least 4 members (excludes halogenated alkanes) is 26. The first kappa shape index (κ1) is 70.1. The second kappa shape index (κ2) is 61.6. The van der Waals surface area contributed by atoms with E-state index in [0.717, 1.165) is 135 Å². The molecule has 74 heavy (non-hydrogen) atoms. The Kier molecular flexibility index (Phi) is 58.3. The van der Waals surface area contributed by atoms with Gasteiger partial charge in [0.1, 0.15) is 13.2 Å². The standard InChI is InChI=1S/C68H114O6/c1-4-7-10-13-16-18-20-22-24-26-28-30-31-32-33-34-35-36-37-39-40-42-44-46-48-50-52-55-58-61-67(70)73-64-65(63-72-66(69)60-57-54-15-12-9-6-3)74-68(71)62-59-56-53-51-49-47-45-43-41-38-29-27-25-23-21-19-17-14-11-8-5-2/h7-8,10-11,16-19,22-25,28-30,38,43,45,65H,4-6,9,12-15,20-21,26-27,31-37,39-42,44,46-64H2,1-3H3/b10-7-,11-8-,18-16-,19-17-,24-22-,25-23-,30-28-,38-29-,45-43-. The van der Waals surface area contributed by atoms with Crippen molar-refractivity contribution in [3.63, 3.8) is 0 Å². The third-order valence-corrected chi connectivity index (χ3v) is 13.0. The van der Waals surface area contributed by atoms with E-state index in [9.17, 15) is 14.4 Å². The molecule has 0 radical (unpaired) electrons. The molecule has 0 amide bonds. The highest BCUT2D eigenvalue weighted by molar-refractivity contribution is 5.71. The Morgan fingerprint density at radius 1 is 0.284 bits per heavy atom. The molecule has 0 aromatic rings. The van der Waals surface area contributed by atoms with Crippen molar-refractivity contribution >= 4 is 17.9 Å². The Morgan fingerprint density at radius 3 is 0.824 bits per heavy atom. The van der Waals surface area contributed by atoms with Crippen molar-refractivity contribution in [2.24, 2.45) is 0 Å². The first-order chi connectivity index (χ1) is 36.5. The van der Waals surface area contributed by atoms with E-state index in [4.69, 9.17) is 14.2 Å². The van der Waals surface area contributed by atoms with E-state index >= 15 is 0 Å². The largest absolute Gasteiger partial charge is 0.462 e. The lowest BCUT2D eigenvalue weighted by atomic mass is 10.0. The summed E-state index contributed by atoms with van der Waals surface area (Å²) >= 11 is 0. The molecule has 422 valence electrons.